The van der Waals surface area contributed by atoms with Gasteiger partial charge in [-0.15, -0.1) is 0 Å². The van der Waals surface area contributed by atoms with Gasteiger partial charge in [0, 0.05) is 9.13 Å². The Kier molecular flexibility index (Phi) is 4.68. The van der Waals surface area contributed by atoms with Crippen molar-refractivity contribution in [3.63, 3.8) is 0 Å². The zero-order valence-electron chi connectivity index (χ0n) is 11.6. The second kappa shape index (κ2) is 6.72. The van der Waals surface area contributed by atoms with Gasteiger partial charge in [-0.2, -0.15) is 0 Å². The summed E-state index contributed by atoms with van der Waals surface area (Å²) < 4.78 is 19.7. The number of halogens is 3. The third-order valence-corrected chi connectivity index (χ3v) is 4.39. The highest BCUT2D eigenvalue weighted by Gasteiger charge is 2.14. The normalized spacial score (nSPS) is 10.6. The minimum Gasteiger partial charge on any atom is -0.451 e. The molecule has 23 heavy (non-hydrogen) atoms. The Hall–Kier alpha value is -1.86. The first-order valence-corrected chi connectivity index (χ1v) is 8.11. The van der Waals surface area contributed by atoms with Crippen molar-refractivity contribution in [1.82, 2.24) is 0 Å². The Bertz CT molecular complexity index is 879. The summed E-state index contributed by atoms with van der Waals surface area (Å²) in [5.41, 5.74) is 1.31. The summed E-state index contributed by atoms with van der Waals surface area (Å²) in [4.78, 5) is 12.2. The lowest BCUT2D eigenvalue weighted by molar-refractivity contribution is 0.0997. The SMILES string of the molecule is O=C(Nc1ccccc1I)c1ccc(-c2ccc(F)c(Cl)c2)o1. The molecule has 116 valence electrons. The number of carbonyl (C=O) groups is 1. The summed E-state index contributed by atoms with van der Waals surface area (Å²) in [6.07, 6.45) is 0. The van der Waals surface area contributed by atoms with Gasteiger partial charge in [0.2, 0.25) is 0 Å². The van der Waals surface area contributed by atoms with E-state index in [9.17, 15) is 9.18 Å². The molecular weight excluding hydrogens is 432 g/mol. The highest BCUT2D eigenvalue weighted by atomic mass is 127. The van der Waals surface area contributed by atoms with Gasteiger partial charge in [0.25, 0.3) is 5.91 Å². The average molecular weight is 442 g/mol. The number of anilines is 1. The zero-order valence-corrected chi connectivity index (χ0v) is 14.6. The van der Waals surface area contributed by atoms with Crippen LogP contribution >= 0.6 is 34.2 Å². The number of benzene rings is 2. The number of hydrogen-bond acceptors (Lipinski definition) is 2. The molecule has 3 rings (SSSR count). The molecule has 2 aromatic carbocycles. The van der Waals surface area contributed by atoms with Gasteiger partial charge in [-0.1, -0.05) is 23.7 Å². The van der Waals surface area contributed by atoms with Crippen molar-refractivity contribution >= 4 is 45.8 Å². The summed E-state index contributed by atoms with van der Waals surface area (Å²) in [5, 5.41) is 2.79. The van der Waals surface area contributed by atoms with Crippen LogP contribution in [0.2, 0.25) is 5.02 Å². The van der Waals surface area contributed by atoms with Crippen molar-refractivity contribution < 1.29 is 13.6 Å². The van der Waals surface area contributed by atoms with Gasteiger partial charge in [-0.05, 0) is 65.1 Å². The molecule has 0 aliphatic rings. The van der Waals surface area contributed by atoms with E-state index in [1.807, 2.05) is 24.3 Å². The molecule has 0 radical (unpaired) electrons. The maximum atomic E-state index is 13.2. The quantitative estimate of drug-likeness (QED) is 0.538. The number of para-hydroxylation sites is 1. The molecule has 0 saturated carbocycles. The molecule has 6 heteroatoms. The third kappa shape index (κ3) is 3.56. The standard InChI is InChI=1S/C17H10ClFINO2/c18-11-9-10(5-6-12(11)19)15-7-8-16(23-15)17(22)21-14-4-2-1-3-13(14)20/h1-9H,(H,21,22). The first-order chi connectivity index (χ1) is 11.0. The molecule has 3 aromatic rings. The average Bonchev–Trinajstić information content (AvgIpc) is 3.02. The Labute approximate surface area is 150 Å². The maximum Gasteiger partial charge on any atom is 0.291 e. The molecule has 0 aliphatic carbocycles. The van der Waals surface area contributed by atoms with Crippen LogP contribution in [0.3, 0.4) is 0 Å². The first-order valence-electron chi connectivity index (χ1n) is 6.66. The number of rotatable bonds is 3. The van der Waals surface area contributed by atoms with Crippen LogP contribution in [0.25, 0.3) is 11.3 Å². The predicted molar refractivity (Wildman–Crippen MR) is 96.2 cm³/mol. The molecule has 1 aromatic heterocycles. The first kappa shape index (κ1) is 16.0. The van der Waals surface area contributed by atoms with Crippen molar-refractivity contribution in [2.75, 3.05) is 5.32 Å². The van der Waals surface area contributed by atoms with Crippen LogP contribution < -0.4 is 5.32 Å². The van der Waals surface area contributed by atoms with E-state index in [2.05, 4.69) is 27.9 Å². The van der Waals surface area contributed by atoms with E-state index in [0.717, 1.165) is 3.57 Å². The number of hydrogen-bond donors (Lipinski definition) is 1. The monoisotopic (exact) mass is 441 g/mol. The number of nitrogens with one attached hydrogen (secondary N) is 1. The van der Waals surface area contributed by atoms with Crippen LogP contribution in [0.5, 0.6) is 0 Å². The van der Waals surface area contributed by atoms with Crippen LogP contribution in [0.15, 0.2) is 59.0 Å². The zero-order chi connectivity index (χ0) is 16.4. The number of furan rings is 1. The molecule has 1 heterocycles. The van der Waals surface area contributed by atoms with Crippen molar-refractivity contribution in [3.05, 3.63) is 74.8 Å². The van der Waals surface area contributed by atoms with Crippen LogP contribution in [-0.2, 0) is 0 Å². The third-order valence-electron chi connectivity index (χ3n) is 3.16. The Balaban J connectivity index is 1.82. The fourth-order valence-corrected chi connectivity index (χ4v) is 2.71. The fraction of sp³-hybridized carbons (Fsp3) is 0. The minimum absolute atomic E-state index is 0.00346. The summed E-state index contributed by atoms with van der Waals surface area (Å²) in [5.74, 6) is -0.243. The Morgan fingerprint density at radius 2 is 1.91 bits per heavy atom. The van der Waals surface area contributed by atoms with E-state index in [-0.39, 0.29) is 16.7 Å². The van der Waals surface area contributed by atoms with Crippen molar-refractivity contribution in [3.8, 4) is 11.3 Å². The van der Waals surface area contributed by atoms with E-state index in [1.165, 1.54) is 12.1 Å². The van der Waals surface area contributed by atoms with Crippen molar-refractivity contribution in [2.45, 2.75) is 0 Å². The van der Waals surface area contributed by atoms with E-state index in [1.54, 1.807) is 18.2 Å². The molecule has 0 bridgehead atoms. The molecule has 0 atom stereocenters. The molecular formula is C17H10ClFINO2. The van der Waals surface area contributed by atoms with Gasteiger partial charge in [-0.3, -0.25) is 4.79 Å². The lowest BCUT2D eigenvalue weighted by Crippen LogP contribution is -2.11. The smallest absolute Gasteiger partial charge is 0.291 e. The number of carbonyl (C=O) groups excluding carboxylic acids is 1. The summed E-state index contributed by atoms with van der Waals surface area (Å²) in [6.45, 7) is 0. The Morgan fingerprint density at radius 1 is 1.13 bits per heavy atom. The molecule has 1 amide bonds. The highest BCUT2D eigenvalue weighted by molar-refractivity contribution is 14.1. The summed E-state index contributed by atoms with van der Waals surface area (Å²) >= 11 is 7.90. The largest absolute Gasteiger partial charge is 0.451 e. The molecule has 0 unspecified atom stereocenters. The van der Waals surface area contributed by atoms with Crippen LogP contribution in [-0.4, -0.2) is 5.91 Å². The van der Waals surface area contributed by atoms with Crippen molar-refractivity contribution in [2.24, 2.45) is 0 Å². The van der Waals surface area contributed by atoms with E-state index >= 15 is 0 Å². The molecule has 0 saturated heterocycles. The van der Waals surface area contributed by atoms with Gasteiger partial charge in [0.15, 0.2) is 5.76 Å². The van der Waals surface area contributed by atoms with E-state index < -0.39 is 5.82 Å². The van der Waals surface area contributed by atoms with Gasteiger partial charge >= 0.3 is 0 Å². The van der Waals surface area contributed by atoms with Gasteiger partial charge in [-0.25, -0.2) is 4.39 Å². The van der Waals surface area contributed by atoms with E-state index in [0.29, 0.717) is 17.0 Å². The molecule has 0 aliphatic heterocycles. The number of amides is 1. The fourth-order valence-electron chi connectivity index (χ4n) is 2.01. The van der Waals surface area contributed by atoms with Gasteiger partial charge in [0.05, 0.1) is 10.7 Å². The van der Waals surface area contributed by atoms with Crippen LogP contribution in [0.4, 0.5) is 10.1 Å². The molecule has 1 N–H and O–H groups in total. The van der Waals surface area contributed by atoms with Gasteiger partial charge < -0.3 is 9.73 Å². The lowest BCUT2D eigenvalue weighted by Gasteiger charge is -2.05. The summed E-state index contributed by atoms with van der Waals surface area (Å²) in [6, 6.07) is 14.9. The van der Waals surface area contributed by atoms with Crippen molar-refractivity contribution in [1.29, 1.82) is 0 Å². The minimum atomic E-state index is -0.501. The van der Waals surface area contributed by atoms with Gasteiger partial charge in [0.1, 0.15) is 11.6 Å². The molecule has 3 nitrogen and oxygen atoms in total. The second-order valence-electron chi connectivity index (χ2n) is 4.73. The topological polar surface area (TPSA) is 42.2 Å². The lowest BCUT2D eigenvalue weighted by atomic mass is 10.2. The predicted octanol–water partition coefficient (Wildman–Crippen LogP) is 5.60. The van der Waals surface area contributed by atoms with E-state index in [4.69, 9.17) is 16.0 Å². The second-order valence-corrected chi connectivity index (χ2v) is 6.30. The Morgan fingerprint density at radius 3 is 2.65 bits per heavy atom. The highest BCUT2D eigenvalue weighted by Crippen LogP contribution is 2.27. The van der Waals surface area contributed by atoms with Crippen LogP contribution in [0, 0.1) is 9.39 Å². The van der Waals surface area contributed by atoms with Crippen LogP contribution in [0.1, 0.15) is 10.6 Å². The maximum absolute atomic E-state index is 13.2. The summed E-state index contributed by atoms with van der Waals surface area (Å²) in [7, 11) is 0. The molecule has 0 fully saturated rings. The molecule has 0 spiro atoms.